The Balaban J connectivity index is 0. The van der Waals surface area contributed by atoms with Crippen molar-refractivity contribution in [1.82, 2.24) is 0 Å². The molecule has 2 N–H and O–H groups in total. The summed E-state index contributed by atoms with van der Waals surface area (Å²) in [6.07, 6.45) is 0.461. The molecule has 1 atom stereocenters. The lowest BCUT2D eigenvalue weighted by atomic mass is 10.5. The van der Waals surface area contributed by atoms with E-state index in [1.165, 1.54) is 0 Å². The molecule has 5 heteroatoms. The SMILES string of the molecule is CC(=O)O.OC(Cl)CCCl. The molecule has 0 aromatic carbocycles. The minimum atomic E-state index is -0.833. The fourth-order valence-electron chi connectivity index (χ4n) is 0.0900. The van der Waals surface area contributed by atoms with Crippen molar-refractivity contribution in [1.29, 1.82) is 0 Å². The number of carbonyl (C=O) groups is 1. The molecule has 0 spiro atoms. The van der Waals surface area contributed by atoms with Crippen molar-refractivity contribution in [2.75, 3.05) is 5.88 Å². The third-order valence-corrected chi connectivity index (χ3v) is 0.784. The van der Waals surface area contributed by atoms with Gasteiger partial charge in [-0.15, -0.1) is 11.6 Å². The van der Waals surface area contributed by atoms with Crippen molar-refractivity contribution >= 4 is 29.2 Å². The zero-order valence-corrected chi connectivity index (χ0v) is 7.06. The van der Waals surface area contributed by atoms with Gasteiger partial charge in [0.2, 0.25) is 0 Å². The van der Waals surface area contributed by atoms with Crippen LogP contribution in [0.15, 0.2) is 0 Å². The van der Waals surface area contributed by atoms with Gasteiger partial charge in [0, 0.05) is 19.2 Å². The maximum absolute atomic E-state index is 9.00. The molecule has 62 valence electrons. The van der Waals surface area contributed by atoms with Gasteiger partial charge in [0.25, 0.3) is 5.97 Å². The van der Waals surface area contributed by atoms with Crippen molar-refractivity contribution in [2.45, 2.75) is 18.9 Å². The van der Waals surface area contributed by atoms with E-state index in [9.17, 15) is 0 Å². The second kappa shape index (κ2) is 9.01. The summed E-state index contributed by atoms with van der Waals surface area (Å²) in [5.41, 5.74) is -0.762. The minimum absolute atomic E-state index is 0.421. The Kier molecular flexibility index (Phi) is 11.4. The van der Waals surface area contributed by atoms with E-state index in [4.69, 9.17) is 38.2 Å². The van der Waals surface area contributed by atoms with Crippen LogP contribution in [0.25, 0.3) is 0 Å². The molecule has 0 aliphatic heterocycles. The summed E-state index contributed by atoms with van der Waals surface area (Å²) in [6, 6.07) is 0. The third kappa shape index (κ3) is 43.4. The highest BCUT2D eigenvalue weighted by Gasteiger charge is 1.91. The van der Waals surface area contributed by atoms with Crippen molar-refractivity contribution < 1.29 is 15.0 Å². The largest absolute Gasteiger partial charge is 0.481 e. The third-order valence-electron chi connectivity index (χ3n) is 0.347. The number of rotatable bonds is 2. The van der Waals surface area contributed by atoms with Gasteiger partial charge in [0.1, 0.15) is 5.56 Å². The van der Waals surface area contributed by atoms with Gasteiger partial charge in [0.05, 0.1) is 0 Å². The van der Waals surface area contributed by atoms with E-state index in [1.807, 2.05) is 0 Å². The van der Waals surface area contributed by atoms with E-state index in [0.717, 1.165) is 6.92 Å². The van der Waals surface area contributed by atoms with Crippen LogP contribution in [-0.4, -0.2) is 27.6 Å². The topological polar surface area (TPSA) is 57.5 Å². The summed E-state index contributed by atoms with van der Waals surface area (Å²) in [6.45, 7) is 1.08. The van der Waals surface area contributed by atoms with E-state index < -0.39 is 11.5 Å². The second-order valence-electron chi connectivity index (χ2n) is 1.43. The van der Waals surface area contributed by atoms with E-state index >= 15 is 0 Å². The second-order valence-corrected chi connectivity index (χ2v) is 2.31. The Morgan fingerprint density at radius 2 is 2.00 bits per heavy atom. The number of hydrogen-bond acceptors (Lipinski definition) is 2. The van der Waals surface area contributed by atoms with Gasteiger partial charge < -0.3 is 10.2 Å². The van der Waals surface area contributed by atoms with Crippen LogP contribution in [0.1, 0.15) is 13.3 Å². The minimum Gasteiger partial charge on any atom is -0.481 e. The normalized spacial score (nSPS) is 11.2. The number of alkyl halides is 2. The first kappa shape index (κ1) is 12.7. The predicted octanol–water partition coefficient (Wildman–Crippen LogP) is 1.26. The smallest absolute Gasteiger partial charge is 0.300 e. The fourth-order valence-corrected chi connectivity index (χ4v) is 0.518. The van der Waals surface area contributed by atoms with Crippen molar-refractivity contribution in [2.24, 2.45) is 0 Å². The molecule has 0 bridgehead atoms. The van der Waals surface area contributed by atoms with Gasteiger partial charge in [-0.25, -0.2) is 0 Å². The average Bonchev–Trinajstić information content (AvgIpc) is 1.62. The van der Waals surface area contributed by atoms with Crippen LogP contribution in [0, 0.1) is 0 Å². The van der Waals surface area contributed by atoms with Crippen LogP contribution in [0.3, 0.4) is 0 Å². The van der Waals surface area contributed by atoms with Crippen LogP contribution < -0.4 is 0 Å². The maximum Gasteiger partial charge on any atom is 0.300 e. The van der Waals surface area contributed by atoms with Crippen LogP contribution in [0.2, 0.25) is 0 Å². The average molecular weight is 189 g/mol. The Bertz CT molecular complexity index is 81.0. The number of halogens is 2. The van der Waals surface area contributed by atoms with Gasteiger partial charge in [-0.3, -0.25) is 4.79 Å². The molecule has 0 aromatic heterocycles. The molecule has 0 heterocycles. The summed E-state index contributed by atoms with van der Waals surface area (Å²) < 4.78 is 0. The first-order chi connectivity index (χ1) is 4.50. The van der Waals surface area contributed by atoms with Crippen LogP contribution in [0.4, 0.5) is 0 Å². The molecule has 0 saturated carbocycles. The lowest BCUT2D eigenvalue weighted by Crippen LogP contribution is -1.94. The zero-order chi connectivity index (χ0) is 8.57. The number of aliphatic hydroxyl groups is 1. The molecular formula is C5H10Cl2O3. The highest BCUT2D eigenvalue weighted by Crippen LogP contribution is 1.96. The molecule has 0 aromatic rings. The molecule has 1 unspecified atom stereocenters. The summed E-state index contributed by atoms with van der Waals surface area (Å²) in [5.74, 6) is -0.412. The molecule has 0 amide bonds. The molecule has 0 fully saturated rings. The number of hydrogen-bond donors (Lipinski definition) is 2. The summed E-state index contributed by atoms with van der Waals surface area (Å²) in [4.78, 5) is 9.00. The first-order valence-corrected chi connectivity index (χ1v) is 3.55. The molecule has 0 radical (unpaired) electrons. The highest BCUT2D eigenvalue weighted by atomic mass is 35.5. The molecule has 0 saturated heterocycles. The van der Waals surface area contributed by atoms with Crippen molar-refractivity contribution in [3.63, 3.8) is 0 Å². The standard InChI is InChI=1S/C3H6Cl2O.C2H4O2/c4-2-1-3(5)6;1-2(3)4/h3,6H,1-2H2;1H3,(H,3,4). The van der Waals surface area contributed by atoms with Gasteiger partial charge in [-0.1, -0.05) is 11.6 Å². The fraction of sp³-hybridized carbons (Fsp3) is 0.800. The predicted molar refractivity (Wildman–Crippen MR) is 40.5 cm³/mol. The highest BCUT2D eigenvalue weighted by molar-refractivity contribution is 6.21. The monoisotopic (exact) mass is 188 g/mol. The molecule has 3 nitrogen and oxygen atoms in total. The van der Waals surface area contributed by atoms with E-state index in [-0.39, 0.29) is 0 Å². The van der Waals surface area contributed by atoms with E-state index in [1.54, 1.807) is 0 Å². The number of carboxylic acid groups (broad SMARTS) is 1. The Labute approximate surface area is 69.6 Å². The van der Waals surface area contributed by atoms with Crippen LogP contribution >= 0.6 is 23.2 Å². The number of aliphatic carboxylic acids is 1. The lowest BCUT2D eigenvalue weighted by Gasteiger charge is -1.91. The molecule has 0 aliphatic rings. The Morgan fingerprint density at radius 1 is 1.70 bits per heavy atom. The van der Waals surface area contributed by atoms with Crippen LogP contribution in [0.5, 0.6) is 0 Å². The van der Waals surface area contributed by atoms with Gasteiger partial charge in [-0.2, -0.15) is 0 Å². The van der Waals surface area contributed by atoms with Gasteiger partial charge in [0.15, 0.2) is 0 Å². The molecule has 0 rings (SSSR count). The van der Waals surface area contributed by atoms with Crippen LogP contribution in [-0.2, 0) is 4.79 Å². The zero-order valence-electron chi connectivity index (χ0n) is 5.55. The summed E-state index contributed by atoms with van der Waals surface area (Å²) in [5, 5.41) is 15.7. The molecule has 0 aliphatic carbocycles. The van der Waals surface area contributed by atoms with Crippen molar-refractivity contribution in [3.8, 4) is 0 Å². The van der Waals surface area contributed by atoms with E-state index in [2.05, 4.69) is 0 Å². The Morgan fingerprint density at radius 3 is 2.00 bits per heavy atom. The van der Waals surface area contributed by atoms with Crippen molar-refractivity contribution in [3.05, 3.63) is 0 Å². The maximum atomic E-state index is 9.00. The summed E-state index contributed by atoms with van der Waals surface area (Å²) in [7, 11) is 0. The molecular weight excluding hydrogens is 179 g/mol. The van der Waals surface area contributed by atoms with E-state index in [0.29, 0.717) is 12.3 Å². The van der Waals surface area contributed by atoms with Gasteiger partial charge >= 0.3 is 0 Å². The number of aliphatic hydroxyl groups excluding tert-OH is 1. The molecule has 10 heavy (non-hydrogen) atoms. The lowest BCUT2D eigenvalue weighted by molar-refractivity contribution is -0.134. The number of carboxylic acids is 1. The summed E-state index contributed by atoms with van der Waals surface area (Å²) >= 11 is 10.2. The Hall–Kier alpha value is 0.01000. The first-order valence-electron chi connectivity index (χ1n) is 2.58. The van der Waals surface area contributed by atoms with Gasteiger partial charge in [-0.05, 0) is 0 Å². The quantitative estimate of drug-likeness (QED) is 0.643.